The van der Waals surface area contributed by atoms with Crippen LogP contribution >= 0.6 is 23.5 Å². The molecule has 1 rings (SSSR count). The molecule has 132 valence electrons. The van der Waals surface area contributed by atoms with Crippen LogP contribution in [0.2, 0.25) is 0 Å². The first-order chi connectivity index (χ1) is 11.3. The van der Waals surface area contributed by atoms with Crippen LogP contribution in [0, 0.1) is 10.1 Å². The molecule has 11 heteroatoms. The zero-order valence-electron chi connectivity index (χ0n) is 12.4. The van der Waals surface area contributed by atoms with E-state index in [9.17, 15) is 24.8 Å². The van der Waals surface area contributed by atoms with E-state index in [1.807, 2.05) is 0 Å². The predicted octanol–water partition coefficient (Wildman–Crippen LogP) is 0.796. The highest BCUT2D eigenvalue weighted by molar-refractivity contribution is 8.00. The fourth-order valence-electron chi connectivity index (χ4n) is 1.52. The number of aliphatic hydroxyl groups is 2. The molecule has 4 N–H and O–H groups in total. The third-order valence-electron chi connectivity index (χ3n) is 2.50. The Balaban J connectivity index is 2.77. The number of non-ortho nitro benzene ring substituents is 1. The maximum absolute atomic E-state index is 11.7. The predicted molar refractivity (Wildman–Crippen MR) is 90.5 cm³/mol. The molecule has 1 amide bonds. The van der Waals surface area contributed by atoms with Gasteiger partial charge in [0.1, 0.15) is 0 Å². The number of thioether (sulfide) groups is 2. The van der Waals surface area contributed by atoms with E-state index in [-0.39, 0.29) is 28.6 Å². The van der Waals surface area contributed by atoms with Crippen LogP contribution < -0.4 is 5.32 Å². The Hall–Kier alpha value is -1.82. The van der Waals surface area contributed by atoms with E-state index in [4.69, 9.17) is 10.2 Å². The molecule has 0 aliphatic carbocycles. The number of anilines is 1. The topological polar surface area (TPSA) is 150 Å². The van der Waals surface area contributed by atoms with Crippen molar-refractivity contribution < 1.29 is 29.8 Å². The van der Waals surface area contributed by atoms with Gasteiger partial charge in [-0.15, -0.1) is 23.5 Å². The second-order valence-corrected chi connectivity index (χ2v) is 6.63. The molecule has 1 atom stereocenters. The van der Waals surface area contributed by atoms with Crippen molar-refractivity contribution in [2.24, 2.45) is 0 Å². The van der Waals surface area contributed by atoms with Gasteiger partial charge in [0.2, 0.25) is 5.91 Å². The molecule has 9 nitrogen and oxygen atoms in total. The molecular formula is C13H16N2O7S2. The number of amides is 1. The Morgan fingerprint density at radius 3 is 2.58 bits per heavy atom. The van der Waals surface area contributed by atoms with Crippen molar-refractivity contribution in [2.45, 2.75) is 11.0 Å². The van der Waals surface area contributed by atoms with Crippen molar-refractivity contribution in [3.63, 3.8) is 0 Å². The van der Waals surface area contributed by atoms with Gasteiger partial charge < -0.3 is 20.6 Å². The molecule has 0 heterocycles. The number of nitro groups is 1. The summed E-state index contributed by atoms with van der Waals surface area (Å²) in [6, 6.07) is 3.98. The number of carbonyl (C=O) groups excluding carboxylic acids is 1. The van der Waals surface area contributed by atoms with E-state index in [1.54, 1.807) is 0 Å². The van der Waals surface area contributed by atoms with Crippen LogP contribution in [0.1, 0.15) is 0 Å². The zero-order valence-corrected chi connectivity index (χ0v) is 14.0. The molecule has 1 aromatic rings. The average Bonchev–Trinajstić information content (AvgIpc) is 2.51. The van der Waals surface area contributed by atoms with Gasteiger partial charge in [-0.3, -0.25) is 19.7 Å². The lowest BCUT2D eigenvalue weighted by Gasteiger charge is -2.09. The number of hydrogen-bond acceptors (Lipinski definition) is 8. The first kappa shape index (κ1) is 20.2. The van der Waals surface area contributed by atoms with Gasteiger partial charge in [0.15, 0.2) is 0 Å². The van der Waals surface area contributed by atoms with Gasteiger partial charge in [-0.05, 0) is 6.07 Å². The number of carboxylic acid groups (broad SMARTS) is 1. The molecule has 0 saturated heterocycles. The van der Waals surface area contributed by atoms with Crippen LogP contribution in [-0.2, 0) is 9.59 Å². The van der Waals surface area contributed by atoms with E-state index >= 15 is 0 Å². The molecule has 0 radical (unpaired) electrons. The normalized spacial score (nSPS) is 11.8. The van der Waals surface area contributed by atoms with E-state index in [1.165, 1.54) is 18.2 Å². The smallest absolute Gasteiger partial charge is 0.313 e. The lowest BCUT2D eigenvalue weighted by atomic mass is 10.3. The first-order valence-corrected chi connectivity index (χ1v) is 8.76. The molecule has 1 aromatic carbocycles. The molecule has 0 bridgehead atoms. The van der Waals surface area contributed by atoms with Crippen molar-refractivity contribution in [1.29, 1.82) is 0 Å². The Bertz CT molecular complexity index is 612. The quantitative estimate of drug-likeness (QED) is 0.264. The number of hydrogen-bond donors (Lipinski definition) is 4. The summed E-state index contributed by atoms with van der Waals surface area (Å²) in [6.45, 7) is -0.424. The van der Waals surface area contributed by atoms with Crippen molar-refractivity contribution in [2.75, 3.05) is 29.2 Å². The highest BCUT2D eigenvalue weighted by Gasteiger charge is 2.13. The number of carboxylic acids is 1. The second kappa shape index (κ2) is 10.1. The monoisotopic (exact) mass is 376 g/mol. The largest absolute Gasteiger partial charge is 0.481 e. The SMILES string of the molecule is O=C(O)CSCC(=O)Nc1cc(SC[C@@H](O)CO)cc([N+](=O)[O-])c1. The summed E-state index contributed by atoms with van der Waals surface area (Å²) in [5.74, 6) is -1.69. The highest BCUT2D eigenvalue weighted by atomic mass is 32.2. The Labute approximate surface area is 145 Å². The Morgan fingerprint density at radius 2 is 2.00 bits per heavy atom. The van der Waals surface area contributed by atoms with Crippen LogP contribution in [0.5, 0.6) is 0 Å². The van der Waals surface area contributed by atoms with Crippen LogP contribution in [0.15, 0.2) is 23.1 Å². The van der Waals surface area contributed by atoms with Gasteiger partial charge in [0, 0.05) is 28.5 Å². The third kappa shape index (κ3) is 7.64. The zero-order chi connectivity index (χ0) is 18.1. The second-order valence-electron chi connectivity index (χ2n) is 4.55. The molecule has 0 saturated carbocycles. The van der Waals surface area contributed by atoms with Crippen molar-refractivity contribution >= 4 is 46.8 Å². The number of aliphatic carboxylic acids is 1. The highest BCUT2D eigenvalue weighted by Crippen LogP contribution is 2.28. The minimum Gasteiger partial charge on any atom is -0.481 e. The number of carbonyl (C=O) groups is 2. The first-order valence-electron chi connectivity index (χ1n) is 6.62. The summed E-state index contributed by atoms with van der Waals surface area (Å²) in [6.07, 6.45) is -0.959. The maximum Gasteiger partial charge on any atom is 0.313 e. The van der Waals surface area contributed by atoms with E-state index < -0.39 is 29.5 Å². The lowest BCUT2D eigenvalue weighted by Crippen LogP contribution is -2.16. The summed E-state index contributed by atoms with van der Waals surface area (Å²) in [7, 11) is 0. The number of aliphatic hydroxyl groups excluding tert-OH is 2. The standard InChI is InChI=1S/C13H16N2O7S2/c16-4-10(17)5-24-11-2-8(1-9(3-11)15(21)22)14-12(18)6-23-7-13(19)20/h1-3,10,16-17H,4-7H2,(H,14,18)(H,19,20)/t10-/m0/s1. The molecule has 0 aromatic heterocycles. The maximum atomic E-state index is 11.7. The van der Waals surface area contributed by atoms with Gasteiger partial charge in [-0.25, -0.2) is 0 Å². The van der Waals surface area contributed by atoms with Crippen molar-refractivity contribution in [3.8, 4) is 0 Å². The number of rotatable bonds is 10. The molecule has 0 spiro atoms. The summed E-state index contributed by atoms with van der Waals surface area (Å²) in [5.41, 5.74) is -0.0295. The molecule has 0 unspecified atom stereocenters. The van der Waals surface area contributed by atoms with E-state index in [0.717, 1.165) is 23.5 Å². The Kier molecular flexibility index (Phi) is 8.54. The fraction of sp³-hybridized carbons (Fsp3) is 0.385. The van der Waals surface area contributed by atoms with Crippen LogP contribution in [0.3, 0.4) is 0 Å². The van der Waals surface area contributed by atoms with Crippen LogP contribution in [0.25, 0.3) is 0 Å². The van der Waals surface area contributed by atoms with Crippen LogP contribution in [0.4, 0.5) is 11.4 Å². The summed E-state index contributed by atoms with van der Waals surface area (Å²) >= 11 is 2.01. The average molecular weight is 376 g/mol. The van der Waals surface area contributed by atoms with E-state index in [0.29, 0.717) is 4.90 Å². The lowest BCUT2D eigenvalue weighted by molar-refractivity contribution is -0.385. The third-order valence-corrected chi connectivity index (χ3v) is 4.54. The molecule has 0 fully saturated rings. The molecule has 24 heavy (non-hydrogen) atoms. The number of nitrogens with zero attached hydrogens (tertiary/aromatic N) is 1. The Morgan fingerprint density at radius 1 is 1.29 bits per heavy atom. The van der Waals surface area contributed by atoms with Crippen molar-refractivity contribution in [3.05, 3.63) is 28.3 Å². The van der Waals surface area contributed by atoms with Gasteiger partial charge in [-0.1, -0.05) is 0 Å². The minimum atomic E-state index is -1.04. The molecular weight excluding hydrogens is 360 g/mol. The van der Waals surface area contributed by atoms with Gasteiger partial charge in [0.05, 0.1) is 29.1 Å². The summed E-state index contributed by atoms with van der Waals surface area (Å²) in [5, 5.41) is 40.0. The summed E-state index contributed by atoms with van der Waals surface area (Å²) in [4.78, 5) is 32.9. The fourth-order valence-corrected chi connectivity index (χ4v) is 2.96. The number of benzene rings is 1. The van der Waals surface area contributed by atoms with Crippen LogP contribution in [-0.4, -0.2) is 62.1 Å². The van der Waals surface area contributed by atoms with Gasteiger partial charge >= 0.3 is 5.97 Å². The molecule has 0 aliphatic heterocycles. The number of nitrogens with one attached hydrogen (secondary N) is 1. The van der Waals surface area contributed by atoms with E-state index in [2.05, 4.69) is 5.32 Å². The minimum absolute atomic E-state index is 0.0965. The van der Waals surface area contributed by atoms with Gasteiger partial charge in [-0.2, -0.15) is 0 Å². The molecule has 0 aliphatic rings. The summed E-state index contributed by atoms with van der Waals surface area (Å²) < 4.78 is 0. The van der Waals surface area contributed by atoms with Crippen molar-refractivity contribution in [1.82, 2.24) is 0 Å². The van der Waals surface area contributed by atoms with Gasteiger partial charge in [0.25, 0.3) is 5.69 Å². The number of nitro benzene ring substituents is 1.